The van der Waals surface area contributed by atoms with Crippen molar-refractivity contribution in [1.82, 2.24) is 10.6 Å². The Hall–Kier alpha value is -3.38. The van der Waals surface area contributed by atoms with Crippen molar-refractivity contribution in [3.05, 3.63) is 93.3 Å². The van der Waals surface area contributed by atoms with Gasteiger partial charge in [0.05, 0.1) is 6.61 Å². The summed E-state index contributed by atoms with van der Waals surface area (Å²) in [5.74, 6) is 0.0330. The number of rotatable bonds is 8. The van der Waals surface area contributed by atoms with Gasteiger partial charge in [-0.1, -0.05) is 42.0 Å². The summed E-state index contributed by atoms with van der Waals surface area (Å²) in [6, 6.07) is 18.5. The number of carbonyl (C=O) groups excluding carboxylic acids is 2. The third-order valence-corrected chi connectivity index (χ3v) is 5.17. The van der Waals surface area contributed by atoms with Gasteiger partial charge in [-0.05, 0) is 49.6 Å². The van der Waals surface area contributed by atoms with Gasteiger partial charge >= 0.3 is 0 Å². The van der Waals surface area contributed by atoms with Crippen LogP contribution in [0.15, 0.2) is 71.7 Å². The highest BCUT2D eigenvalue weighted by Crippen LogP contribution is 2.18. The first-order valence-corrected chi connectivity index (χ1v) is 10.6. The number of ether oxygens (including phenoxy) is 1. The monoisotopic (exact) mass is 420 g/mol. The molecule has 0 spiro atoms. The molecule has 0 aliphatic rings. The topological polar surface area (TPSA) is 67.4 Å². The maximum atomic E-state index is 12.9. The van der Waals surface area contributed by atoms with Crippen LogP contribution in [0.4, 0.5) is 0 Å². The van der Waals surface area contributed by atoms with Gasteiger partial charge in [0, 0.05) is 22.5 Å². The van der Waals surface area contributed by atoms with Crippen LogP contribution in [0.3, 0.4) is 0 Å². The third kappa shape index (κ3) is 5.81. The molecule has 154 valence electrons. The van der Waals surface area contributed by atoms with Gasteiger partial charge in [0.15, 0.2) is 0 Å². The van der Waals surface area contributed by atoms with Gasteiger partial charge in [0.2, 0.25) is 0 Å². The van der Waals surface area contributed by atoms with Crippen molar-refractivity contribution < 1.29 is 14.3 Å². The first-order valence-electron chi connectivity index (χ1n) is 9.69. The molecule has 0 saturated heterocycles. The molecular formula is C24H24N2O3S. The Bertz CT molecular complexity index is 1020. The molecule has 0 radical (unpaired) electrons. The highest BCUT2D eigenvalue weighted by Gasteiger charge is 2.15. The normalized spacial score (nSPS) is 11.1. The molecular weight excluding hydrogens is 396 g/mol. The molecule has 5 nitrogen and oxygen atoms in total. The molecule has 2 aromatic carbocycles. The van der Waals surface area contributed by atoms with Crippen molar-refractivity contribution in [2.75, 3.05) is 6.61 Å². The first kappa shape index (κ1) is 21.3. The van der Waals surface area contributed by atoms with Crippen LogP contribution in [0.2, 0.25) is 0 Å². The van der Waals surface area contributed by atoms with Crippen molar-refractivity contribution in [3.63, 3.8) is 0 Å². The molecule has 30 heavy (non-hydrogen) atoms. The molecule has 0 atom stereocenters. The minimum absolute atomic E-state index is 0.192. The first-order chi connectivity index (χ1) is 14.6. The van der Waals surface area contributed by atoms with Gasteiger partial charge in [-0.2, -0.15) is 0 Å². The minimum Gasteiger partial charge on any atom is -0.494 e. The Kier molecular flexibility index (Phi) is 7.40. The van der Waals surface area contributed by atoms with E-state index in [0.29, 0.717) is 12.2 Å². The Morgan fingerprint density at radius 1 is 1.03 bits per heavy atom. The van der Waals surface area contributed by atoms with Gasteiger partial charge in [-0.15, -0.1) is 11.3 Å². The molecule has 1 heterocycles. The number of nitrogens with one attached hydrogen (secondary N) is 2. The van der Waals surface area contributed by atoms with Crippen LogP contribution >= 0.6 is 11.3 Å². The third-order valence-electron chi connectivity index (χ3n) is 4.35. The maximum Gasteiger partial charge on any atom is 0.268 e. The van der Waals surface area contributed by atoms with Crippen LogP contribution in [0.1, 0.15) is 33.3 Å². The Labute approximate surface area is 180 Å². The number of thiophene rings is 1. The van der Waals surface area contributed by atoms with E-state index >= 15 is 0 Å². The number of aryl methyl sites for hydroxylation is 1. The van der Waals surface area contributed by atoms with Crippen LogP contribution in [0, 0.1) is 6.92 Å². The highest BCUT2D eigenvalue weighted by atomic mass is 32.1. The van der Waals surface area contributed by atoms with Crippen LogP contribution in [0.25, 0.3) is 6.08 Å². The van der Waals surface area contributed by atoms with Crippen molar-refractivity contribution in [3.8, 4) is 5.75 Å². The predicted molar refractivity (Wildman–Crippen MR) is 120 cm³/mol. The van der Waals surface area contributed by atoms with Crippen LogP contribution < -0.4 is 15.4 Å². The van der Waals surface area contributed by atoms with Gasteiger partial charge in [-0.3, -0.25) is 9.59 Å². The summed E-state index contributed by atoms with van der Waals surface area (Å²) in [5.41, 5.74) is 2.61. The molecule has 0 bridgehead atoms. The predicted octanol–water partition coefficient (Wildman–Crippen LogP) is 4.54. The minimum atomic E-state index is -0.366. The van der Waals surface area contributed by atoms with E-state index in [9.17, 15) is 9.59 Å². The van der Waals surface area contributed by atoms with Gasteiger partial charge in [0.25, 0.3) is 11.8 Å². The number of benzene rings is 2. The van der Waals surface area contributed by atoms with E-state index in [-0.39, 0.29) is 24.1 Å². The lowest BCUT2D eigenvalue weighted by atomic mass is 10.1. The molecule has 0 unspecified atom stereocenters. The van der Waals surface area contributed by atoms with Crippen LogP contribution in [-0.4, -0.2) is 18.4 Å². The zero-order valence-electron chi connectivity index (χ0n) is 17.0. The van der Waals surface area contributed by atoms with Gasteiger partial charge in [-0.25, -0.2) is 0 Å². The van der Waals surface area contributed by atoms with E-state index in [1.54, 1.807) is 18.2 Å². The number of amides is 2. The number of hydrogen-bond donors (Lipinski definition) is 2. The number of para-hydroxylation sites is 1. The Morgan fingerprint density at radius 2 is 1.80 bits per heavy atom. The molecule has 0 aliphatic carbocycles. The smallest absolute Gasteiger partial charge is 0.268 e. The molecule has 3 aromatic rings. The molecule has 2 amide bonds. The van der Waals surface area contributed by atoms with E-state index < -0.39 is 0 Å². The summed E-state index contributed by atoms with van der Waals surface area (Å²) in [6.45, 7) is 4.70. The lowest BCUT2D eigenvalue weighted by molar-refractivity contribution is -0.117. The van der Waals surface area contributed by atoms with E-state index in [1.807, 2.05) is 67.8 Å². The Balaban J connectivity index is 1.76. The van der Waals surface area contributed by atoms with E-state index in [0.717, 1.165) is 21.8 Å². The standard InChI is InChI=1S/C24H24N2O3S/c1-3-29-22-9-5-4-7-19(22)16-25-24(28)21(15-20-8-6-14-30-20)26-23(27)18-12-10-17(2)11-13-18/h4-15H,3,16H2,1-2H3,(H,25,28)(H,26,27)/b21-15-. The fourth-order valence-electron chi connectivity index (χ4n) is 2.79. The average molecular weight is 421 g/mol. The molecule has 0 fully saturated rings. The summed E-state index contributed by atoms with van der Waals surface area (Å²) in [4.78, 5) is 26.4. The van der Waals surface area contributed by atoms with E-state index in [4.69, 9.17) is 4.74 Å². The fraction of sp³-hybridized carbons (Fsp3) is 0.167. The molecule has 3 rings (SSSR count). The maximum absolute atomic E-state index is 12.9. The van der Waals surface area contributed by atoms with E-state index in [2.05, 4.69) is 10.6 Å². The SMILES string of the molecule is CCOc1ccccc1CNC(=O)/C(=C/c1cccs1)NC(=O)c1ccc(C)cc1. The summed E-state index contributed by atoms with van der Waals surface area (Å²) < 4.78 is 5.61. The molecule has 2 N–H and O–H groups in total. The van der Waals surface area contributed by atoms with Gasteiger partial charge in [0.1, 0.15) is 11.4 Å². The lowest BCUT2D eigenvalue weighted by Gasteiger charge is -2.13. The quantitative estimate of drug-likeness (QED) is 0.526. The molecule has 1 aromatic heterocycles. The van der Waals surface area contributed by atoms with Crippen LogP contribution in [0.5, 0.6) is 5.75 Å². The average Bonchev–Trinajstić information content (AvgIpc) is 3.26. The fourth-order valence-corrected chi connectivity index (χ4v) is 3.45. The zero-order chi connectivity index (χ0) is 21.3. The largest absolute Gasteiger partial charge is 0.494 e. The Morgan fingerprint density at radius 3 is 2.50 bits per heavy atom. The highest BCUT2D eigenvalue weighted by molar-refractivity contribution is 7.10. The number of hydrogen-bond acceptors (Lipinski definition) is 4. The molecule has 0 aliphatic heterocycles. The molecule has 0 saturated carbocycles. The summed E-state index contributed by atoms with van der Waals surface area (Å²) in [7, 11) is 0. The van der Waals surface area contributed by atoms with Crippen molar-refractivity contribution in [1.29, 1.82) is 0 Å². The van der Waals surface area contributed by atoms with Gasteiger partial charge < -0.3 is 15.4 Å². The lowest BCUT2D eigenvalue weighted by Crippen LogP contribution is -2.34. The van der Waals surface area contributed by atoms with E-state index in [1.165, 1.54) is 11.3 Å². The van der Waals surface area contributed by atoms with Crippen molar-refractivity contribution >= 4 is 29.2 Å². The molecule has 6 heteroatoms. The summed E-state index contributed by atoms with van der Waals surface area (Å²) in [6.07, 6.45) is 1.68. The summed E-state index contributed by atoms with van der Waals surface area (Å²) >= 11 is 1.49. The van der Waals surface area contributed by atoms with Crippen molar-refractivity contribution in [2.45, 2.75) is 20.4 Å². The zero-order valence-corrected chi connectivity index (χ0v) is 17.8. The van der Waals surface area contributed by atoms with Crippen molar-refractivity contribution in [2.24, 2.45) is 0 Å². The van der Waals surface area contributed by atoms with Crippen LogP contribution in [-0.2, 0) is 11.3 Å². The second-order valence-corrected chi connectivity index (χ2v) is 7.60. The second kappa shape index (κ2) is 10.4. The summed E-state index contributed by atoms with van der Waals surface area (Å²) in [5, 5.41) is 7.55. The number of carbonyl (C=O) groups is 2. The second-order valence-electron chi connectivity index (χ2n) is 6.62.